The Labute approximate surface area is 82.9 Å². The summed E-state index contributed by atoms with van der Waals surface area (Å²) in [4.78, 5) is 21.6. The zero-order chi connectivity index (χ0) is 10.8. The number of hydrazine groups is 1. The quantitative estimate of drug-likeness (QED) is 0.180. The molecular formula is C8H16N4O2. The van der Waals surface area contributed by atoms with Crippen LogP contribution in [0.25, 0.3) is 0 Å². The SMILES string of the molecule is CC=NNC(=O)CCCCC(=O)NN. The van der Waals surface area contributed by atoms with E-state index in [9.17, 15) is 9.59 Å². The number of nitrogens with two attached hydrogens (primary N) is 1. The summed E-state index contributed by atoms with van der Waals surface area (Å²) in [5, 5.41) is 3.58. The van der Waals surface area contributed by atoms with Crippen LogP contribution >= 0.6 is 0 Å². The fourth-order valence-corrected chi connectivity index (χ4v) is 0.836. The highest BCUT2D eigenvalue weighted by atomic mass is 16.2. The minimum atomic E-state index is -0.211. The van der Waals surface area contributed by atoms with Crippen LogP contribution in [-0.2, 0) is 9.59 Å². The van der Waals surface area contributed by atoms with Gasteiger partial charge in [0, 0.05) is 19.1 Å². The van der Waals surface area contributed by atoms with Crippen molar-refractivity contribution in [3.8, 4) is 0 Å². The van der Waals surface area contributed by atoms with E-state index < -0.39 is 0 Å². The molecule has 0 rings (SSSR count). The van der Waals surface area contributed by atoms with Crippen LogP contribution in [0.3, 0.4) is 0 Å². The molecule has 80 valence electrons. The second-order valence-electron chi connectivity index (χ2n) is 2.70. The Hall–Kier alpha value is -1.43. The molecule has 4 N–H and O–H groups in total. The molecule has 0 aliphatic carbocycles. The third kappa shape index (κ3) is 7.23. The summed E-state index contributed by atoms with van der Waals surface area (Å²) in [6.07, 6.45) is 3.51. The van der Waals surface area contributed by atoms with Crippen LogP contribution in [0.15, 0.2) is 5.10 Å². The number of hydrogen-bond acceptors (Lipinski definition) is 4. The molecule has 0 heterocycles. The van der Waals surface area contributed by atoms with Crippen LogP contribution in [0.5, 0.6) is 0 Å². The first-order chi connectivity index (χ1) is 6.70. The molecule has 0 aliphatic heterocycles. The lowest BCUT2D eigenvalue weighted by atomic mass is 10.2. The number of hydrazone groups is 1. The van der Waals surface area contributed by atoms with Crippen molar-refractivity contribution < 1.29 is 9.59 Å². The van der Waals surface area contributed by atoms with E-state index in [2.05, 4.69) is 10.5 Å². The Morgan fingerprint density at radius 1 is 1.29 bits per heavy atom. The van der Waals surface area contributed by atoms with Crippen molar-refractivity contribution in [3.05, 3.63) is 0 Å². The molecule has 2 amide bonds. The molecule has 0 aromatic carbocycles. The summed E-state index contributed by atoms with van der Waals surface area (Å²) in [6, 6.07) is 0. The lowest BCUT2D eigenvalue weighted by Crippen LogP contribution is -2.29. The van der Waals surface area contributed by atoms with E-state index in [4.69, 9.17) is 5.84 Å². The van der Waals surface area contributed by atoms with Crippen LogP contribution in [0, 0.1) is 0 Å². The van der Waals surface area contributed by atoms with Gasteiger partial charge in [-0.15, -0.1) is 0 Å². The van der Waals surface area contributed by atoms with Gasteiger partial charge in [0.1, 0.15) is 0 Å². The second-order valence-corrected chi connectivity index (χ2v) is 2.70. The van der Waals surface area contributed by atoms with Crippen molar-refractivity contribution in [3.63, 3.8) is 0 Å². The summed E-state index contributed by atoms with van der Waals surface area (Å²) in [7, 11) is 0. The van der Waals surface area contributed by atoms with Gasteiger partial charge >= 0.3 is 0 Å². The highest BCUT2D eigenvalue weighted by Gasteiger charge is 2.01. The number of hydrogen-bond donors (Lipinski definition) is 3. The molecule has 0 aromatic heterocycles. The molecule has 6 nitrogen and oxygen atoms in total. The van der Waals surface area contributed by atoms with E-state index in [0.29, 0.717) is 25.7 Å². The Bertz CT molecular complexity index is 215. The number of carbonyl (C=O) groups is 2. The van der Waals surface area contributed by atoms with Gasteiger partial charge in [0.2, 0.25) is 11.8 Å². The number of carbonyl (C=O) groups excluding carboxylic acids is 2. The molecule has 0 saturated heterocycles. The van der Waals surface area contributed by atoms with Gasteiger partial charge in [-0.25, -0.2) is 11.3 Å². The number of rotatable bonds is 6. The van der Waals surface area contributed by atoms with Gasteiger partial charge < -0.3 is 0 Å². The maximum atomic E-state index is 11.0. The van der Waals surface area contributed by atoms with Gasteiger partial charge in [-0.2, -0.15) is 5.10 Å². The standard InChI is InChI=1S/C8H16N4O2/c1-2-10-12-8(14)6-4-3-5-7(13)11-9/h2H,3-6,9H2,1H3,(H,11,13)(H,12,14). The van der Waals surface area contributed by atoms with Crippen LogP contribution in [0.4, 0.5) is 0 Å². The van der Waals surface area contributed by atoms with Crippen molar-refractivity contribution >= 4 is 18.0 Å². The highest BCUT2D eigenvalue weighted by molar-refractivity contribution is 5.77. The first-order valence-corrected chi connectivity index (χ1v) is 4.46. The van der Waals surface area contributed by atoms with Crippen LogP contribution in [0.1, 0.15) is 32.6 Å². The Balaban J connectivity index is 3.36. The van der Waals surface area contributed by atoms with Crippen molar-refractivity contribution in [2.45, 2.75) is 32.6 Å². The average molecular weight is 200 g/mol. The minimum Gasteiger partial charge on any atom is -0.294 e. The molecule has 0 fully saturated rings. The summed E-state index contributed by atoms with van der Waals surface area (Å²) in [5.74, 6) is 4.53. The molecule has 0 aromatic rings. The summed E-state index contributed by atoms with van der Waals surface area (Å²) in [5.41, 5.74) is 4.36. The van der Waals surface area contributed by atoms with E-state index in [0.717, 1.165) is 0 Å². The molecule has 0 spiro atoms. The second kappa shape index (κ2) is 8.18. The predicted molar refractivity (Wildman–Crippen MR) is 53.1 cm³/mol. The fraction of sp³-hybridized carbons (Fsp3) is 0.625. The fourth-order valence-electron chi connectivity index (χ4n) is 0.836. The third-order valence-corrected chi connectivity index (χ3v) is 1.54. The number of amides is 2. The Morgan fingerprint density at radius 3 is 2.36 bits per heavy atom. The first kappa shape index (κ1) is 12.6. The molecule has 0 radical (unpaired) electrons. The summed E-state index contributed by atoms with van der Waals surface area (Å²) < 4.78 is 0. The zero-order valence-corrected chi connectivity index (χ0v) is 8.25. The molecular weight excluding hydrogens is 184 g/mol. The van der Waals surface area contributed by atoms with E-state index in [1.807, 2.05) is 5.43 Å². The molecule has 0 aliphatic rings. The molecule has 0 saturated carbocycles. The Kier molecular flexibility index (Phi) is 7.35. The van der Waals surface area contributed by atoms with E-state index in [1.54, 1.807) is 6.92 Å². The molecule has 0 atom stereocenters. The van der Waals surface area contributed by atoms with Crippen LogP contribution in [0.2, 0.25) is 0 Å². The first-order valence-electron chi connectivity index (χ1n) is 4.46. The predicted octanol–water partition coefficient (Wildman–Crippen LogP) is -0.341. The van der Waals surface area contributed by atoms with Gasteiger partial charge in [0.15, 0.2) is 0 Å². The van der Waals surface area contributed by atoms with Crippen molar-refractivity contribution in [1.82, 2.24) is 10.9 Å². The monoisotopic (exact) mass is 200 g/mol. The minimum absolute atomic E-state index is 0.142. The average Bonchev–Trinajstić information content (AvgIpc) is 2.21. The third-order valence-electron chi connectivity index (χ3n) is 1.54. The maximum absolute atomic E-state index is 11.0. The Morgan fingerprint density at radius 2 is 1.86 bits per heavy atom. The van der Waals surface area contributed by atoms with E-state index in [-0.39, 0.29) is 11.8 Å². The van der Waals surface area contributed by atoms with Crippen molar-refractivity contribution in [1.29, 1.82) is 0 Å². The zero-order valence-electron chi connectivity index (χ0n) is 8.25. The van der Waals surface area contributed by atoms with E-state index >= 15 is 0 Å². The summed E-state index contributed by atoms with van der Waals surface area (Å²) in [6.45, 7) is 1.71. The van der Waals surface area contributed by atoms with Gasteiger partial charge in [0.25, 0.3) is 0 Å². The number of nitrogens with one attached hydrogen (secondary N) is 2. The molecule has 0 bridgehead atoms. The lowest BCUT2D eigenvalue weighted by Gasteiger charge is -1.99. The van der Waals surface area contributed by atoms with Gasteiger partial charge in [-0.1, -0.05) is 0 Å². The number of nitrogens with zero attached hydrogens (tertiary/aromatic N) is 1. The van der Waals surface area contributed by atoms with Gasteiger partial charge in [0.05, 0.1) is 0 Å². The lowest BCUT2D eigenvalue weighted by molar-refractivity contribution is -0.123. The topological polar surface area (TPSA) is 96.6 Å². The van der Waals surface area contributed by atoms with E-state index in [1.165, 1.54) is 6.21 Å². The van der Waals surface area contributed by atoms with Crippen LogP contribution < -0.4 is 16.7 Å². The number of unbranched alkanes of at least 4 members (excludes halogenated alkanes) is 1. The molecule has 6 heteroatoms. The normalized spacial score (nSPS) is 10.1. The smallest absolute Gasteiger partial charge is 0.240 e. The van der Waals surface area contributed by atoms with Gasteiger partial charge in [-0.3, -0.25) is 15.0 Å². The van der Waals surface area contributed by atoms with Gasteiger partial charge in [-0.05, 0) is 19.8 Å². The summed E-state index contributed by atoms with van der Waals surface area (Å²) >= 11 is 0. The van der Waals surface area contributed by atoms with Crippen molar-refractivity contribution in [2.24, 2.45) is 10.9 Å². The molecule has 0 unspecified atom stereocenters. The van der Waals surface area contributed by atoms with Crippen LogP contribution in [-0.4, -0.2) is 18.0 Å². The largest absolute Gasteiger partial charge is 0.294 e. The molecule has 14 heavy (non-hydrogen) atoms. The van der Waals surface area contributed by atoms with Crippen molar-refractivity contribution in [2.75, 3.05) is 0 Å². The highest BCUT2D eigenvalue weighted by Crippen LogP contribution is 1.99. The maximum Gasteiger partial charge on any atom is 0.240 e.